The Hall–Kier alpha value is -3.09. The molecule has 1 spiro atoms. The molecule has 1 aliphatic heterocycles. The van der Waals surface area contributed by atoms with Crippen molar-refractivity contribution in [3.63, 3.8) is 0 Å². The molecule has 1 saturated heterocycles. The zero-order valence-electron chi connectivity index (χ0n) is 16.0. The molecule has 5 rings (SSSR count). The van der Waals surface area contributed by atoms with Gasteiger partial charge in [-0.1, -0.05) is 0 Å². The summed E-state index contributed by atoms with van der Waals surface area (Å²) >= 11 is 0. The Morgan fingerprint density at radius 2 is 2.03 bits per heavy atom. The van der Waals surface area contributed by atoms with Crippen LogP contribution < -0.4 is 16.8 Å². The highest BCUT2D eigenvalue weighted by Crippen LogP contribution is 2.50. The Morgan fingerprint density at radius 3 is 2.83 bits per heavy atom. The van der Waals surface area contributed by atoms with Crippen LogP contribution in [0.5, 0.6) is 0 Å². The number of nitrogens with two attached hydrogens (primary N) is 2. The second-order valence-corrected chi connectivity index (χ2v) is 8.19. The molecule has 9 nitrogen and oxygen atoms in total. The highest BCUT2D eigenvalue weighted by atomic mass is 15.2. The van der Waals surface area contributed by atoms with Crippen molar-refractivity contribution in [3.05, 3.63) is 29.7 Å². The van der Waals surface area contributed by atoms with Gasteiger partial charge in [-0.25, -0.2) is 15.0 Å². The van der Waals surface area contributed by atoms with Crippen LogP contribution in [0.1, 0.15) is 42.9 Å². The van der Waals surface area contributed by atoms with Gasteiger partial charge in [0.05, 0.1) is 17.0 Å². The lowest BCUT2D eigenvalue weighted by molar-refractivity contribution is 0.181. The van der Waals surface area contributed by atoms with E-state index >= 15 is 0 Å². The molecule has 0 bridgehead atoms. The minimum atomic E-state index is 0.194. The minimum Gasteiger partial charge on any atom is -0.384 e. The second kappa shape index (κ2) is 6.76. The van der Waals surface area contributed by atoms with Crippen molar-refractivity contribution in [1.29, 1.82) is 5.26 Å². The molecule has 3 aromatic heterocycles. The van der Waals surface area contributed by atoms with Crippen molar-refractivity contribution >= 4 is 17.0 Å². The van der Waals surface area contributed by atoms with Crippen molar-refractivity contribution in [2.75, 3.05) is 18.8 Å². The highest BCUT2D eigenvalue weighted by molar-refractivity contribution is 5.89. The van der Waals surface area contributed by atoms with Gasteiger partial charge in [0.2, 0.25) is 5.65 Å². The first kappa shape index (κ1) is 18.0. The number of nitrogens with one attached hydrogen (secondary N) is 2. The van der Waals surface area contributed by atoms with Crippen LogP contribution in [0.3, 0.4) is 0 Å². The second-order valence-electron chi connectivity index (χ2n) is 8.19. The molecule has 2 atom stereocenters. The van der Waals surface area contributed by atoms with Crippen LogP contribution in [0.2, 0.25) is 0 Å². The first-order chi connectivity index (χ1) is 14.1. The predicted molar refractivity (Wildman–Crippen MR) is 109 cm³/mol. The smallest absolute Gasteiger partial charge is 0.200 e. The van der Waals surface area contributed by atoms with Crippen LogP contribution >= 0.6 is 0 Å². The van der Waals surface area contributed by atoms with E-state index in [1.165, 1.54) is 6.20 Å². The van der Waals surface area contributed by atoms with E-state index in [0.717, 1.165) is 44.5 Å². The molecule has 1 saturated carbocycles. The molecule has 3 aromatic rings. The summed E-state index contributed by atoms with van der Waals surface area (Å²) in [4.78, 5) is 13.4. The zero-order chi connectivity index (χ0) is 20.0. The van der Waals surface area contributed by atoms with E-state index < -0.39 is 0 Å². The maximum Gasteiger partial charge on any atom is 0.200 e. The van der Waals surface area contributed by atoms with Crippen molar-refractivity contribution in [1.82, 2.24) is 30.5 Å². The highest BCUT2D eigenvalue weighted by Gasteiger charge is 2.46. The molecule has 1 aliphatic carbocycles. The number of anilines is 1. The van der Waals surface area contributed by atoms with E-state index in [1.54, 1.807) is 6.07 Å². The number of hydrogen-bond donors (Lipinski definition) is 4. The molecular weight excluding hydrogens is 366 g/mol. The van der Waals surface area contributed by atoms with E-state index in [9.17, 15) is 5.26 Å². The van der Waals surface area contributed by atoms with Gasteiger partial charge in [-0.2, -0.15) is 10.4 Å². The number of rotatable bonds is 2. The van der Waals surface area contributed by atoms with Gasteiger partial charge in [0.15, 0.2) is 0 Å². The maximum absolute atomic E-state index is 9.40. The van der Waals surface area contributed by atoms with Crippen LogP contribution in [-0.2, 0) is 0 Å². The summed E-state index contributed by atoms with van der Waals surface area (Å²) in [5.74, 6) is 0.630. The summed E-state index contributed by atoms with van der Waals surface area (Å²) in [7, 11) is 0. The monoisotopic (exact) mass is 389 g/mol. The van der Waals surface area contributed by atoms with Crippen molar-refractivity contribution < 1.29 is 0 Å². The Kier molecular flexibility index (Phi) is 4.19. The Bertz CT molecular complexity index is 1110. The van der Waals surface area contributed by atoms with Crippen LogP contribution in [-0.4, -0.2) is 44.3 Å². The number of aromatic nitrogens is 5. The average Bonchev–Trinajstić information content (AvgIpc) is 3.29. The maximum atomic E-state index is 9.40. The number of nitriles is 1. The molecule has 29 heavy (non-hydrogen) atoms. The van der Waals surface area contributed by atoms with Crippen LogP contribution in [0, 0.1) is 16.7 Å². The molecule has 0 aromatic carbocycles. The van der Waals surface area contributed by atoms with Gasteiger partial charge in [0, 0.05) is 29.9 Å². The van der Waals surface area contributed by atoms with Gasteiger partial charge in [0.25, 0.3) is 0 Å². The molecule has 0 amide bonds. The number of piperidine rings is 1. The van der Waals surface area contributed by atoms with Gasteiger partial charge < -0.3 is 16.8 Å². The predicted octanol–water partition coefficient (Wildman–Crippen LogP) is 1.44. The molecule has 9 heteroatoms. The minimum absolute atomic E-state index is 0.194. The third kappa shape index (κ3) is 2.92. The molecule has 0 radical (unpaired) electrons. The first-order valence-corrected chi connectivity index (χ1v) is 9.93. The van der Waals surface area contributed by atoms with E-state index in [4.69, 9.17) is 16.5 Å². The normalized spacial score (nSPS) is 23.4. The Labute approximate surface area is 167 Å². The van der Waals surface area contributed by atoms with Crippen LogP contribution in [0.15, 0.2) is 18.5 Å². The van der Waals surface area contributed by atoms with Crippen LogP contribution in [0.25, 0.3) is 22.4 Å². The van der Waals surface area contributed by atoms with Gasteiger partial charge in [-0.05, 0) is 50.3 Å². The number of nitrogens with zero attached hydrogens (tertiary/aromatic N) is 5. The fourth-order valence-electron chi connectivity index (χ4n) is 4.97. The number of H-pyrrole nitrogens is 1. The number of nitrogen functional groups attached to an aromatic ring is 1. The number of pyridine rings is 1. The number of aromatic amines is 1. The third-order valence-electron chi connectivity index (χ3n) is 6.59. The van der Waals surface area contributed by atoms with E-state index in [2.05, 4.69) is 31.6 Å². The Morgan fingerprint density at radius 1 is 1.21 bits per heavy atom. The number of hydrogen-bond acceptors (Lipinski definition) is 8. The molecule has 148 valence electrons. The van der Waals surface area contributed by atoms with Gasteiger partial charge in [-0.15, -0.1) is 0 Å². The molecule has 6 N–H and O–H groups in total. The van der Waals surface area contributed by atoms with E-state index in [0.29, 0.717) is 39.7 Å². The SMILES string of the molecule is N#Cc1cnc(N)cc1-c1[nH]nc2nc(C3CC(N)C4(CCNCC4)C3)cnc12. The molecule has 4 heterocycles. The number of fused-ring (bicyclic) bond motifs is 1. The van der Waals surface area contributed by atoms with Crippen molar-refractivity contribution in [3.8, 4) is 17.3 Å². The molecule has 2 fully saturated rings. The van der Waals surface area contributed by atoms with Gasteiger partial charge in [-0.3, -0.25) is 5.10 Å². The lowest BCUT2D eigenvalue weighted by Gasteiger charge is -2.37. The van der Waals surface area contributed by atoms with Gasteiger partial charge in [0.1, 0.15) is 17.4 Å². The van der Waals surface area contributed by atoms with E-state index in [-0.39, 0.29) is 11.5 Å². The summed E-state index contributed by atoms with van der Waals surface area (Å²) in [5, 5.41) is 20.1. The summed E-state index contributed by atoms with van der Waals surface area (Å²) in [6.07, 6.45) is 7.50. The topological polar surface area (TPSA) is 155 Å². The quantitative estimate of drug-likeness (QED) is 0.513. The third-order valence-corrected chi connectivity index (χ3v) is 6.59. The summed E-state index contributed by atoms with van der Waals surface area (Å²) in [5.41, 5.74) is 16.3. The fourth-order valence-corrected chi connectivity index (χ4v) is 4.97. The van der Waals surface area contributed by atoms with Crippen LogP contribution in [0.4, 0.5) is 5.82 Å². The fraction of sp³-hybridized carbons (Fsp3) is 0.450. The molecule has 2 aliphatic rings. The van der Waals surface area contributed by atoms with Crippen molar-refractivity contribution in [2.45, 2.75) is 37.6 Å². The Balaban J connectivity index is 1.49. The summed E-state index contributed by atoms with van der Waals surface area (Å²) in [6.45, 7) is 2.06. The lowest BCUT2D eigenvalue weighted by Crippen LogP contribution is -2.45. The molecule has 2 unspecified atom stereocenters. The zero-order valence-corrected chi connectivity index (χ0v) is 16.0. The summed E-state index contributed by atoms with van der Waals surface area (Å²) in [6, 6.07) is 3.98. The average molecular weight is 389 g/mol. The van der Waals surface area contributed by atoms with E-state index in [1.807, 2.05) is 6.20 Å². The standard InChI is InChI=1S/C20H23N9/c21-8-12-9-25-16(23)6-13(12)17-18-19(29-28-17)27-14(10-26-18)11-5-15(22)20(7-11)1-3-24-4-2-20/h6,9-11,15,24H,1-5,7,22H2,(H2,23,25)(H,27,28,29). The van der Waals surface area contributed by atoms with Gasteiger partial charge >= 0.3 is 0 Å². The largest absolute Gasteiger partial charge is 0.384 e. The summed E-state index contributed by atoms with van der Waals surface area (Å²) < 4.78 is 0. The lowest BCUT2D eigenvalue weighted by atomic mass is 9.74. The molecular formula is C20H23N9. The van der Waals surface area contributed by atoms with Crippen molar-refractivity contribution in [2.24, 2.45) is 11.1 Å². The first-order valence-electron chi connectivity index (χ1n) is 9.93.